The Hall–Kier alpha value is -0.830. The molecular weight excluding hydrogens is 345 g/mol. The molecule has 4 nitrogen and oxygen atoms in total. The summed E-state index contributed by atoms with van der Waals surface area (Å²) in [6, 6.07) is 1.27. The number of alkyl halides is 2. The summed E-state index contributed by atoms with van der Waals surface area (Å²) < 4.78 is 30.2. The van der Waals surface area contributed by atoms with Crippen LogP contribution in [0.5, 0.6) is 0 Å². The maximum atomic E-state index is 12.6. The summed E-state index contributed by atoms with van der Waals surface area (Å²) in [5.74, 6) is -0.533. The van der Waals surface area contributed by atoms with Crippen molar-refractivity contribution in [3.05, 3.63) is 26.6 Å². The maximum absolute atomic E-state index is 12.6. The highest BCUT2D eigenvalue weighted by atomic mass is 127. The van der Waals surface area contributed by atoms with Crippen LogP contribution in [0.25, 0.3) is 0 Å². The average Bonchev–Trinajstić information content (AvgIpc) is 2.28. The van der Waals surface area contributed by atoms with Crippen LogP contribution in [0.2, 0.25) is 0 Å². The number of esters is 1. The number of pyridine rings is 1. The predicted octanol–water partition coefficient (Wildman–Crippen LogP) is 1.80. The molecule has 7 heteroatoms. The van der Waals surface area contributed by atoms with Crippen molar-refractivity contribution in [2.75, 3.05) is 7.11 Å². The fraction of sp³-hybridized carbons (Fsp3) is 0.400. The van der Waals surface area contributed by atoms with Crippen LogP contribution >= 0.6 is 22.6 Å². The lowest BCUT2D eigenvalue weighted by atomic mass is 10.1. The SMILES string of the molecule is COC(=O)Cc1nc(C(F)F)cc(I)c1CN. The molecule has 1 heterocycles. The summed E-state index contributed by atoms with van der Waals surface area (Å²) in [7, 11) is 1.23. The number of rotatable bonds is 4. The Morgan fingerprint density at radius 3 is 2.76 bits per heavy atom. The molecule has 0 amide bonds. The number of hydrogen-bond acceptors (Lipinski definition) is 4. The zero-order valence-corrected chi connectivity index (χ0v) is 11.2. The van der Waals surface area contributed by atoms with Gasteiger partial charge in [0.15, 0.2) is 0 Å². The van der Waals surface area contributed by atoms with Crippen molar-refractivity contribution in [2.45, 2.75) is 19.4 Å². The molecule has 1 rings (SSSR count). The Kier molecular flexibility index (Phi) is 5.19. The van der Waals surface area contributed by atoms with E-state index in [1.807, 2.05) is 22.6 Å². The number of halogens is 3. The van der Waals surface area contributed by atoms with E-state index in [2.05, 4.69) is 9.72 Å². The van der Waals surface area contributed by atoms with Crippen LogP contribution in [0.1, 0.15) is 23.4 Å². The van der Waals surface area contributed by atoms with E-state index >= 15 is 0 Å². The van der Waals surface area contributed by atoms with E-state index in [0.29, 0.717) is 9.13 Å². The first-order valence-electron chi connectivity index (χ1n) is 4.72. The molecule has 0 aliphatic carbocycles. The van der Waals surface area contributed by atoms with Crippen molar-refractivity contribution >= 4 is 28.6 Å². The van der Waals surface area contributed by atoms with E-state index in [-0.39, 0.29) is 24.4 Å². The van der Waals surface area contributed by atoms with Crippen molar-refractivity contribution in [1.82, 2.24) is 4.98 Å². The Bertz CT molecular complexity index is 427. The summed E-state index contributed by atoms with van der Waals surface area (Å²) in [6.45, 7) is 0.140. The first kappa shape index (κ1) is 14.2. The number of nitrogens with zero attached hydrogens (tertiary/aromatic N) is 1. The fourth-order valence-corrected chi connectivity index (χ4v) is 2.14. The van der Waals surface area contributed by atoms with Gasteiger partial charge < -0.3 is 10.5 Å². The number of hydrogen-bond donors (Lipinski definition) is 1. The van der Waals surface area contributed by atoms with Crippen LogP contribution in [0.3, 0.4) is 0 Å². The summed E-state index contributed by atoms with van der Waals surface area (Å²) in [6.07, 6.45) is -2.83. The highest BCUT2D eigenvalue weighted by molar-refractivity contribution is 14.1. The van der Waals surface area contributed by atoms with Gasteiger partial charge in [0.05, 0.1) is 19.2 Å². The van der Waals surface area contributed by atoms with Gasteiger partial charge in [-0.1, -0.05) is 0 Å². The molecule has 0 aromatic carbocycles. The van der Waals surface area contributed by atoms with E-state index in [4.69, 9.17) is 5.73 Å². The van der Waals surface area contributed by atoms with Crippen molar-refractivity contribution in [3.8, 4) is 0 Å². The molecular formula is C10H11F2IN2O2. The standard InChI is InChI=1S/C10H11F2IN2O2/c1-17-9(16)3-7-5(4-14)6(13)2-8(15-7)10(11)12/h2,10H,3-4,14H2,1H3. The van der Waals surface area contributed by atoms with Gasteiger partial charge in [-0.3, -0.25) is 9.78 Å². The summed E-state index contributed by atoms with van der Waals surface area (Å²) in [5.41, 5.74) is 6.00. The summed E-state index contributed by atoms with van der Waals surface area (Å²) >= 11 is 1.90. The molecule has 1 aromatic heterocycles. The first-order chi connectivity index (χ1) is 7.99. The Morgan fingerprint density at radius 1 is 1.65 bits per heavy atom. The van der Waals surface area contributed by atoms with Crippen molar-refractivity contribution in [3.63, 3.8) is 0 Å². The fourth-order valence-electron chi connectivity index (χ4n) is 1.29. The maximum Gasteiger partial charge on any atom is 0.311 e. The molecule has 94 valence electrons. The van der Waals surface area contributed by atoms with Crippen LogP contribution in [0, 0.1) is 3.57 Å². The third-order valence-electron chi connectivity index (χ3n) is 2.14. The van der Waals surface area contributed by atoms with Crippen LogP contribution in [0.4, 0.5) is 8.78 Å². The third-order valence-corrected chi connectivity index (χ3v) is 3.10. The van der Waals surface area contributed by atoms with E-state index in [1.54, 1.807) is 0 Å². The van der Waals surface area contributed by atoms with Crippen LogP contribution in [0.15, 0.2) is 6.07 Å². The number of ether oxygens (including phenoxy) is 1. The molecule has 17 heavy (non-hydrogen) atoms. The smallest absolute Gasteiger partial charge is 0.311 e. The van der Waals surface area contributed by atoms with Gasteiger partial charge in [-0.05, 0) is 28.7 Å². The number of nitrogens with two attached hydrogens (primary N) is 1. The van der Waals surface area contributed by atoms with Gasteiger partial charge >= 0.3 is 5.97 Å². The second kappa shape index (κ2) is 6.20. The molecule has 0 saturated heterocycles. The van der Waals surface area contributed by atoms with E-state index < -0.39 is 12.4 Å². The van der Waals surface area contributed by atoms with Gasteiger partial charge in [0.2, 0.25) is 0 Å². The molecule has 0 bridgehead atoms. The number of carbonyl (C=O) groups is 1. The molecule has 0 atom stereocenters. The quantitative estimate of drug-likeness (QED) is 0.660. The minimum Gasteiger partial charge on any atom is -0.469 e. The summed E-state index contributed by atoms with van der Waals surface area (Å²) in [5, 5.41) is 0. The zero-order chi connectivity index (χ0) is 13.0. The molecule has 0 aliphatic rings. The molecule has 1 aromatic rings. The largest absolute Gasteiger partial charge is 0.469 e. The molecule has 0 radical (unpaired) electrons. The second-order valence-electron chi connectivity index (χ2n) is 3.21. The average molecular weight is 356 g/mol. The molecule has 2 N–H and O–H groups in total. The Morgan fingerprint density at radius 2 is 2.29 bits per heavy atom. The minimum absolute atomic E-state index is 0.140. The van der Waals surface area contributed by atoms with Crippen LogP contribution in [-0.4, -0.2) is 18.1 Å². The Labute approximate surface area is 111 Å². The van der Waals surface area contributed by atoms with Crippen molar-refractivity contribution < 1.29 is 18.3 Å². The van der Waals surface area contributed by atoms with Gasteiger partial charge in [0.25, 0.3) is 6.43 Å². The zero-order valence-electron chi connectivity index (χ0n) is 9.04. The second-order valence-corrected chi connectivity index (χ2v) is 4.37. The van der Waals surface area contributed by atoms with Gasteiger partial charge in [-0.15, -0.1) is 0 Å². The Balaban J connectivity index is 3.19. The highest BCUT2D eigenvalue weighted by Crippen LogP contribution is 2.23. The van der Waals surface area contributed by atoms with Crippen LogP contribution in [-0.2, 0) is 22.5 Å². The topological polar surface area (TPSA) is 65.2 Å². The summed E-state index contributed by atoms with van der Waals surface area (Å²) in [4.78, 5) is 14.9. The third kappa shape index (κ3) is 3.56. The lowest BCUT2D eigenvalue weighted by molar-refractivity contribution is -0.139. The minimum atomic E-state index is -2.67. The molecule has 0 fully saturated rings. The highest BCUT2D eigenvalue weighted by Gasteiger charge is 2.17. The number of methoxy groups -OCH3 is 1. The van der Waals surface area contributed by atoms with E-state index in [0.717, 1.165) is 0 Å². The van der Waals surface area contributed by atoms with Crippen LogP contribution < -0.4 is 5.73 Å². The van der Waals surface area contributed by atoms with E-state index in [9.17, 15) is 13.6 Å². The molecule has 0 saturated carbocycles. The van der Waals surface area contributed by atoms with Gasteiger partial charge in [-0.2, -0.15) is 0 Å². The predicted molar refractivity (Wildman–Crippen MR) is 65.5 cm³/mol. The monoisotopic (exact) mass is 356 g/mol. The molecule has 0 spiro atoms. The lowest BCUT2D eigenvalue weighted by Gasteiger charge is -2.11. The van der Waals surface area contributed by atoms with Gasteiger partial charge in [-0.25, -0.2) is 8.78 Å². The molecule has 0 aliphatic heterocycles. The van der Waals surface area contributed by atoms with Crippen molar-refractivity contribution in [2.24, 2.45) is 5.73 Å². The first-order valence-corrected chi connectivity index (χ1v) is 5.80. The number of carbonyl (C=O) groups excluding carboxylic acids is 1. The van der Waals surface area contributed by atoms with E-state index in [1.165, 1.54) is 13.2 Å². The van der Waals surface area contributed by atoms with Gasteiger partial charge in [0, 0.05) is 15.7 Å². The van der Waals surface area contributed by atoms with Gasteiger partial charge in [0.1, 0.15) is 5.69 Å². The lowest BCUT2D eigenvalue weighted by Crippen LogP contribution is -2.14. The molecule has 0 unspecified atom stereocenters. The normalized spacial score (nSPS) is 10.7. The number of aromatic nitrogens is 1. The van der Waals surface area contributed by atoms with Crippen molar-refractivity contribution in [1.29, 1.82) is 0 Å².